The van der Waals surface area contributed by atoms with Crippen LogP contribution in [0.25, 0.3) is 0 Å². The number of rotatable bonds is 8. The van der Waals surface area contributed by atoms with Crippen LogP contribution in [0.2, 0.25) is 0 Å². The Morgan fingerprint density at radius 1 is 0.775 bits per heavy atom. The van der Waals surface area contributed by atoms with Crippen molar-refractivity contribution in [1.29, 1.82) is 5.26 Å². The molecule has 0 aliphatic heterocycles. The number of anilines is 1. The standard InChI is InChI=1S/C19H11F17N2OS/c1-6-2-3-7-8(5-37)10(40-9(7)4-6)38-11(39)12(20,21)13(22,23)14(24,25)15(26,27)16(28,29)17(30,31)18(32,33)19(34,35)36/h6H,2-4H2,1H3,(H,38,39). The van der Waals surface area contributed by atoms with Gasteiger partial charge in [-0.25, -0.2) is 0 Å². The molecule has 1 amide bonds. The average Bonchev–Trinajstić information content (AvgIpc) is 3.13. The topological polar surface area (TPSA) is 52.9 Å². The molecular formula is C19H11F17N2OS. The van der Waals surface area contributed by atoms with Crippen LogP contribution in [0.3, 0.4) is 0 Å². The number of amides is 1. The lowest BCUT2D eigenvalue weighted by molar-refractivity contribution is -0.459. The van der Waals surface area contributed by atoms with Gasteiger partial charge in [0.25, 0.3) is 0 Å². The molecule has 228 valence electrons. The zero-order valence-electron chi connectivity index (χ0n) is 18.9. The molecule has 0 spiro atoms. The second kappa shape index (κ2) is 9.51. The van der Waals surface area contributed by atoms with Crippen molar-refractivity contribution in [3.05, 3.63) is 16.0 Å². The van der Waals surface area contributed by atoms with E-state index in [0.29, 0.717) is 17.8 Å². The number of carbonyl (C=O) groups excluding carboxylic acids is 1. The molecule has 0 saturated heterocycles. The van der Waals surface area contributed by atoms with Gasteiger partial charge in [0, 0.05) is 4.88 Å². The van der Waals surface area contributed by atoms with Crippen LogP contribution in [-0.2, 0) is 17.6 Å². The highest BCUT2D eigenvalue weighted by Gasteiger charge is 2.95. The third kappa shape index (κ3) is 4.44. The van der Waals surface area contributed by atoms with Gasteiger partial charge in [0.05, 0.1) is 5.56 Å². The molecule has 0 bridgehead atoms. The second-order valence-electron chi connectivity index (χ2n) is 8.64. The summed E-state index contributed by atoms with van der Waals surface area (Å²) in [5, 5.41) is 9.04. The number of fused-ring (bicyclic) bond motifs is 1. The first-order chi connectivity index (χ1) is 17.6. The first-order valence-electron chi connectivity index (χ1n) is 10.1. The Hall–Kier alpha value is -2.53. The Labute approximate surface area is 214 Å². The molecule has 1 N–H and O–H groups in total. The molecule has 1 aromatic heterocycles. The van der Waals surface area contributed by atoms with Gasteiger partial charge in [-0.3, -0.25) is 4.79 Å². The molecular weight excluding hydrogens is 627 g/mol. The first-order valence-corrected chi connectivity index (χ1v) is 11.0. The molecule has 1 heterocycles. The maximum atomic E-state index is 14.2. The van der Waals surface area contributed by atoms with Crippen LogP contribution in [0.5, 0.6) is 0 Å². The first kappa shape index (κ1) is 33.7. The number of nitriles is 1. The lowest BCUT2D eigenvalue weighted by Gasteiger charge is -2.42. The number of halogens is 17. The molecule has 1 aromatic rings. The van der Waals surface area contributed by atoms with Crippen LogP contribution in [0.15, 0.2) is 0 Å². The van der Waals surface area contributed by atoms with Crippen LogP contribution in [0, 0.1) is 17.2 Å². The minimum atomic E-state index is -8.78. The lowest BCUT2D eigenvalue weighted by Crippen LogP contribution is -2.75. The summed E-state index contributed by atoms with van der Waals surface area (Å²) in [6, 6.07) is 1.38. The highest BCUT2D eigenvalue weighted by molar-refractivity contribution is 7.16. The minimum Gasteiger partial charge on any atom is -0.311 e. The number of hydrogen-bond donors (Lipinski definition) is 1. The SMILES string of the molecule is CC1CCc2c(sc(NC(=O)C(F)(F)C(F)(F)C(F)(F)C(F)(F)C(F)(F)C(F)(F)C(F)(F)C(F)(F)F)c2C#N)C1. The van der Waals surface area contributed by atoms with E-state index >= 15 is 0 Å². The van der Waals surface area contributed by atoms with Crippen molar-refractivity contribution in [2.75, 3.05) is 5.32 Å². The van der Waals surface area contributed by atoms with Crippen molar-refractivity contribution in [2.24, 2.45) is 5.92 Å². The third-order valence-electron chi connectivity index (χ3n) is 5.86. The summed E-state index contributed by atoms with van der Waals surface area (Å²) in [6.07, 6.45) is -7.23. The van der Waals surface area contributed by atoms with E-state index in [-0.39, 0.29) is 29.2 Å². The van der Waals surface area contributed by atoms with E-state index in [1.165, 1.54) is 6.07 Å². The fourth-order valence-corrected chi connectivity index (χ4v) is 4.80. The molecule has 40 heavy (non-hydrogen) atoms. The number of nitrogens with zero attached hydrogens (tertiary/aromatic N) is 1. The summed E-state index contributed by atoms with van der Waals surface area (Å²) in [7, 11) is 0. The molecule has 2 rings (SSSR count). The zero-order valence-corrected chi connectivity index (χ0v) is 19.7. The van der Waals surface area contributed by atoms with Crippen molar-refractivity contribution >= 4 is 22.2 Å². The van der Waals surface area contributed by atoms with E-state index in [4.69, 9.17) is 0 Å². The molecule has 1 aliphatic carbocycles. The Bertz CT molecular complexity index is 1190. The van der Waals surface area contributed by atoms with Crippen molar-refractivity contribution in [3.63, 3.8) is 0 Å². The third-order valence-corrected chi connectivity index (χ3v) is 7.03. The summed E-state index contributed by atoms with van der Waals surface area (Å²) in [4.78, 5) is 12.0. The number of carbonyl (C=O) groups is 1. The molecule has 1 aliphatic rings. The van der Waals surface area contributed by atoms with Crippen molar-refractivity contribution < 1.29 is 79.4 Å². The van der Waals surface area contributed by atoms with Crippen molar-refractivity contribution in [3.8, 4) is 6.07 Å². The molecule has 1 unspecified atom stereocenters. The highest BCUT2D eigenvalue weighted by atomic mass is 32.1. The van der Waals surface area contributed by atoms with Crippen LogP contribution in [0.4, 0.5) is 79.6 Å². The van der Waals surface area contributed by atoms with Gasteiger partial charge < -0.3 is 5.32 Å². The number of alkyl halides is 17. The fraction of sp³-hybridized carbons (Fsp3) is 0.684. The Morgan fingerprint density at radius 2 is 1.20 bits per heavy atom. The van der Waals surface area contributed by atoms with Crippen LogP contribution < -0.4 is 5.32 Å². The predicted molar refractivity (Wildman–Crippen MR) is 99.5 cm³/mol. The fourth-order valence-electron chi connectivity index (χ4n) is 3.45. The van der Waals surface area contributed by atoms with Gasteiger partial charge in [0.15, 0.2) is 0 Å². The van der Waals surface area contributed by atoms with E-state index in [1.54, 1.807) is 6.92 Å². The average molecular weight is 638 g/mol. The van der Waals surface area contributed by atoms with E-state index in [9.17, 15) is 84.7 Å². The summed E-state index contributed by atoms with van der Waals surface area (Å²) in [5.41, 5.74) is -0.530. The van der Waals surface area contributed by atoms with E-state index in [0.717, 1.165) is 5.32 Å². The monoisotopic (exact) mass is 638 g/mol. The Morgan fingerprint density at radius 3 is 1.62 bits per heavy atom. The smallest absolute Gasteiger partial charge is 0.311 e. The minimum absolute atomic E-state index is 0.0778. The molecule has 3 nitrogen and oxygen atoms in total. The molecule has 1 atom stereocenters. The second-order valence-corrected chi connectivity index (χ2v) is 9.75. The van der Waals surface area contributed by atoms with Crippen LogP contribution in [-0.4, -0.2) is 53.5 Å². The number of nitrogens with one attached hydrogen (secondary N) is 1. The van der Waals surface area contributed by atoms with E-state index in [2.05, 4.69) is 0 Å². The van der Waals surface area contributed by atoms with Crippen molar-refractivity contribution in [1.82, 2.24) is 0 Å². The van der Waals surface area contributed by atoms with Gasteiger partial charge in [-0.15, -0.1) is 11.3 Å². The van der Waals surface area contributed by atoms with Crippen molar-refractivity contribution in [2.45, 2.75) is 73.8 Å². The van der Waals surface area contributed by atoms with Crippen LogP contribution >= 0.6 is 11.3 Å². The molecule has 0 aromatic carbocycles. The highest BCUT2D eigenvalue weighted by Crippen LogP contribution is 2.64. The molecule has 0 fully saturated rings. The summed E-state index contributed by atoms with van der Waals surface area (Å²) in [5.74, 6) is -62.2. The van der Waals surface area contributed by atoms with Gasteiger partial charge in [-0.1, -0.05) is 6.92 Å². The van der Waals surface area contributed by atoms with Gasteiger partial charge in [-0.05, 0) is 30.7 Å². The van der Waals surface area contributed by atoms with Gasteiger partial charge in [0.2, 0.25) is 0 Å². The maximum absolute atomic E-state index is 14.2. The van der Waals surface area contributed by atoms with E-state index < -0.39 is 64.1 Å². The quantitative estimate of drug-likeness (QED) is 0.297. The Kier molecular flexibility index (Phi) is 8.00. The van der Waals surface area contributed by atoms with Gasteiger partial charge in [-0.2, -0.15) is 79.9 Å². The van der Waals surface area contributed by atoms with Gasteiger partial charge >= 0.3 is 53.5 Å². The predicted octanol–water partition coefficient (Wildman–Crippen LogP) is 7.69. The molecule has 21 heteroatoms. The van der Waals surface area contributed by atoms with Crippen LogP contribution in [0.1, 0.15) is 29.3 Å². The summed E-state index contributed by atoms with van der Waals surface area (Å²) < 4.78 is 228. The lowest BCUT2D eigenvalue weighted by atomic mass is 9.88. The largest absolute Gasteiger partial charge is 0.460 e. The summed E-state index contributed by atoms with van der Waals surface area (Å²) >= 11 is 0.294. The zero-order chi connectivity index (χ0) is 31.7. The molecule has 0 saturated carbocycles. The number of hydrogen-bond acceptors (Lipinski definition) is 3. The summed E-state index contributed by atoms with van der Waals surface area (Å²) in [6.45, 7) is 1.67. The number of thiophene rings is 1. The maximum Gasteiger partial charge on any atom is 0.460 e. The molecule has 0 radical (unpaired) electrons. The normalized spacial score (nSPS) is 18.3. The van der Waals surface area contributed by atoms with Gasteiger partial charge in [0.1, 0.15) is 11.1 Å². The van der Waals surface area contributed by atoms with E-state index in [1.807, 2.05) is 0 Å². The Balaban J connectivity index is 2.54.